The molecule has 2 aromatic heterocycles. The molecule has 0 aliphatic heterocycles. The predicted octanol–water partition coefficient (Wildman–Crippen LogP) is 4.01. The van der Waals surface area contributed by atoms with Crippen LogP contribution in [0.4, 0.5) is 11.5 Å². The average Bonchev–Trinajstić information content (AvgIpc) is 2.87. The number of aromatic nitrogens is 2. The third-order valence-electron chi connectivity index (χ3n) is 3.52. The molecule has 2 rings (SSSR count). The first-order valence-corrected chi connectivity index (χ1v) is 8.11. The molecule has 24 heavy (non-hydrogen) atoms. The molecule has 9 heteroatoms. The monoisotopic (exact) mass is 393 g/mol. The topological polar surface area (TPSA) is 117 Å². The zero-order chi connectivity index (χ0) is 17.9. The summed E-state index contributed by atoms with van der Waals surface area (Å²) in [5.74, 6) is 0.427. The van der Waals surface area contributed by atoms with Crippen molar-refractivity contribution in [1.29, 1.82) is 5.26 Å². The van der Waals surface area contributed by atoms with Crippen molar-refractivity contribution in [3.63, 3.8) is 0 Å². The molecular weight excluding hydrogens is 378 g/mol. The van der Waals surface area contributed by atoms with Crippen LogP contribution >= 0.6 is 15.9 Å². The first-order chi connectivity index (χ1) is 11.4. The third-order valence-corrected chi connectivity index (χ3v) is 4.44. The van der Waals surface area contributed by atoms with Crippen molar-refractivity contribution in [3.05, 3.63) is 31.7 Å². The maximum atomic E-state index is 12.3. The summed E-state index contributed by atoms with van der Waals surface area (Å²) in [5, 5.41) is 31.3. The Morgan fingerprint density at radius 3 is 2.67 bits per heavy atom. The molecule has 1 N–H and O–H groups in total. The molecule has 0 unspecified atom stereocenters. The van der Waals surface area contributed by atoms with Gasteiger partial charge in [-0.25, -0.2) is 0 Å². The number of aromatic hydroxyl groups is 1. The lowest BCUT2D eigenvalue weighted by Crippen LogP contribution is -2.23. The summed E-state index contributed by atoms with van der Waals surface area (Å²) < 4.78 is 6.65. The Bertz CT molecular complexity index is 892. The number of aryl methyl sites for hydroxylation is 1. The average molecular weight is 394 g/mol. The summed E-state index contributed by atoms with van der Waals surface area (Å²) in [5.41, 5.74) is -0.255. The van der Waals surface area contributed by atoms with Crippen LogP contribution in [0.5, 0.6) is 5.88 Å². The maximum Gasteiger partial charge on any atom is 0.271 e. The van der Waals surface area contributed by atoms with Crippen LogP contribution in [0.3, 0.4) is 0 Å². The van der Waals surface area contributed by atoms with Gasteiger partial charge in [0, 0.05) is 12.1 Å². The molecule has 0 aliphatic rings. The molecule has 0 spiro atoms. The van der Waals surface area contributed by atoms with Gasteiger partial charge in [0.1, 0.15) is 21.9 Å². The molecule has 0 saturated heterocycles. The normalized spacial score (nSPS) is 11.1. The number of hydrogen-bond acceptors (Lipinski definition) is 7. The molecule has 2 aromatic rings. The Morgan fingerprint density at radius 1 is 1.42 bits per heavy atom. The van der Waals surface area contributed by atoms with Crippen molar-refractivity contribution in [3.8, 4) is 11.9 Å². The summed E-state index contributed by atoms with van der Waals surface area (Å²) in [4.78, 5) is 12.3. The molecule has 0 radical (unpaired) electrons. The fourth-order valence-corrected chi connectivity index (χ4v) is 2.31. The zero-order valence-electron chi connectivity index (χ0n) is 13.5. The first kappa shape index (κ1) is 17.9. The van der Waals surface area contributed by atoms with Crippen molar-refractivity contribution < 1.29 is 9.63 Å². The Kier molecular flexibility index (Phi) is 5.51. The molecule has 8 nitrogen and oxygen atoms in total. The van der Waals surface area contributed by atoms with E-state index in [1.54, 1.807) is 13.8 Å². The molecular formula is C15H16BrN5O3. The van der Waals surface area contributed by atoms with E-state index >= 15 is 0 Å². The summed E-state index contributed by atoms with van der Waals surface area (Å²) in [6.45, 7) is 5.51. The van der Waals surface area contributed by atoms with E-state index in [9.17, 15) is 15.2 Å². The van der Waals surface area contributed by atoms with E-state index in [0.29, 0.717) is 23.2 Å². The highest BCUT2D eigenvalue weighted by Gasteiger charge is 2.19. The molecule has 0 saturated carbocycles. The quantitative estimate of drug-likeness (QED) is 0.769. The maximum absolute atomic E-state index is 12.3. The van der Waals surface area contributed by atoms with Gasteiger partial charge in [-0.05, 0) is 36.2 Å². The minimum atomic E-state index is -0.529. The Balaban J connectivity index is 2.59. The predicted molar refractivity (Wildman–Crippen MR) is 89.8 cm³/mol. The summed E-state index contributed by atoms with van der Waals surface area (Å²) in [6, 6.07) is 1.87. The number of nitriles is 1. The van der Waals surface area contributed by atoms with Crippen LogP contribution in [0.15, 0.2) is 24.0 Å². The van der Waals surface area contributed by atoms with Gasteiger partial charge in [0.25, 0.3) is 5.56 Å². The Morgan fingerprint density at radius 2 is 2.12 bits per heavy atom. The summed E-state index contributed by atoms with van der Waals surface area (Å²) in [7, 11) is 0. The number of rotatable bonds is 5. The van der Waals surface area contributed by atoms with Crippen molar-refractivity contribution in [2.24, 2.45) is 10.2 Å². The van der Waals surface area contributed by atoms with Crippen LogP contribution in [0, 0.1) is 25.2 Å². The van der Waals surface area contributed by atoms with Crippen LogP contribution in [0.25, 0.3) is 0 Å². The van der Waals surface area contributed by atoms with Crippen LogP contribution < -0.4 is 5.56 Å². The van der Waals surface area contributed by atoms with E-state index in [0.717, 1.165) is 11.0 Å². The lowest BCUT2D eigenvalue weighted by atomic mass is 10.1. The van der Waals surface area contributed by atoms with E-state index < -0.39 is 5.56 Å². The minimum absolute atomic E-state index is 0.0618. The van der Waals surface area contributed by atoms with Gasteiger partial charge in [0.2, 0.25) is 11.7 Å². The van der Waals surface area contributed by atoms with Gasteiger partial charge in [-0.1, -0.05) is 18.5 Å². The van der Waals surface area contributed by atoms with Gasteiger partial charge in [-0.2, -0.15) is 5.26 Å². The fraction of sp³-hybridized carbons (Fsp3) is 0.400. The lowest BCUT2D eigenvalue weighted by Gasteiger charge is -2.12. The van der Waals surface area contributed by atoms with Gasteiger partial charge < -0.3 is 9.63 Å². The van der Waals surface area contributed by atoms with Crippen molar-refractivity contribution in [2.45, 2.75) is 40.2 Å². The Hall–Kier alpha value is -2.47. The zero-order valence-corrected chi connectivity index (χ0v) is 15.1. The SMILES string of the molecule is CCCCn1c(O)c(N=Nc2noc(C)c2Br)c(C)c(C#N)c1=O. The number of azo groups is 1. The molecule has 0 atom stereocenters. The number of nitrogens with zero attached hydrogens (tertiary/aromatic N) is 5. The highest BCUT2D eigenvalue weighted by Crippen LogP contribution is 2.34. The van der Waals surface area contributed by atoms with E-state index in [2.05, 4.69) is 31.3 Å². The highest BCUT2D eigenvalue weighted by molar-refractivity contribution is 9.10. The van der Waals surface area contributed by atoms with Crippen molar-refractivity contribution in [1.82, 2.24) is 9.72 Å². The van der Waals surface area contributed by atoms with E-state index in [-0.39, 0.29) is 28.5 Å². The molecule has 0 aromatic carbocycles. The molecule has 2 heterocycles. The second-order valence-electron chi connectivity index (χ2n) is 5.17. The van der Waals surface area contributed by atoms with E-state index in [1.807, 2.05) is 13.0 Å². The van der Waals surface area contributed by atoms with Gasteiger partial charge in [0.05, 0.1) is 0 Å². The summed E-state index contributed by atoms with van der Waals surface area (Å²) >= 11 is 3.27. The van der Waals surface area contributed by atoms with Gasteiger partial charge >= 0.3 is 0 Å². The van der Waals surface area contributed by atoms with Gasteiger partial charge in [-0.15, -0.1) is 10.2 Å². The third kappa shape index (κ3) is 3.23. The number of pyridine rings is 1. The van der Waals surface area contributed by atoms with Gasteiger partial charge in [-0.3, -0.25) is 9.36 Å². The molecule has 0 fully saturated rings. The number of unbranched alkanes of at least 4 members (excludes halogenated alkanes) is 1. The number of hydrogen-bond donors (Lipinski definition) is 1. The van der Waals surface area contributed by atoms with E-state index in [1.165, 1.54) is 0 Å². The standard InChI is InChI=1S/C15H16BrN5O3/c1-4-5-6-21-14(22)10(7-17)8(2)12(15(21)23)18-19-13-11(16)9(3)24-20-13/h23H,4-6H2,1-3H3. The minimum Gasteiger partial charge on any atom is -0.493 e. The first-order valence-electron chi connectivity index (χ1n) is 7.32. The van der Waals surface area contributed by atoms with Crippen LogP contribution in [0.2, 0.25) is 0 Å². The van der Waals surface area contributed by atoms with Crippen molar-refractivity contribution >= 4 is 27.4 Å². The smallest absolute Gasteiger partial charge is 0.271 e. The van der Waals surface area contributed by atoms with Crippen LogP contribution in [-0.4, -0.2) is 14.8 Å². The second-order valence-corrected chi connectivity index (χ2v) is 5.96. The fourth-order valence-electron chi connectivity index (χ4n) is 2.09. The van der Waals surface area contributed by atoms with E-state index in [4.69, 9.17) is 4.52 Å². The molecule has 0 amide bonds. The molecule has 0 bridgehead atoms. The Labute approximate surface area is 146 Å². The second kappa shape index (κ2) is 7.40. The number of halogens is 1. The lowest BCUT2D eigenvalue weighted by molar-refractivity contribution is 0.397. The molecule has 126 valence electrons. The highest BCUT2D eigenvalue weighted by atomic mass is 79.9. The van der Waals surface area contributed by atoms with Crippen molar-refractivity contribution in [2.75, 3.05) is 0 Å². The van der Waals surface area contributed by atoms with Crippen LogP contribution in [0.1, 0.15) is 36.7 Å². The largest absolute Gasteiger partial charge is 0.493 e. The summed E-state index contributed by atoms with van der Waals surface area (Å²) in [6.07, 6.45) is 1.52. The molecule has 0 aliphatic carbocycles. The van der Waals surface area contributed by atoms with Gasteiger partial charge in [0.15, 0.2) is 5.69 Å². The van der Waals surface area contributed by atoms with Crippen LogP contribution in [-0.2, 0) is 6.54 Å².